The Morgan fingerprint density at radius 2 is 2.00 bits per heavy atom. The normalized spacial score (nSPS) is 9.33. The Kier molecular flexibility index (Phi) is 4.56. The first-order valence-electron chi connectivity index (χ1n) is 4.48. The zero-order chi connectivity index (χ0) is 11.1. The van der Waals surface area contributed by atoms with Crippen molar-refractivity contribution in [3.8, 4) is 0 Å². The van der Waals surface area contributed by atoms with E-state index in [1.807, 2.05) is 30.3 Å². The summed E-state index contributed by atoms with van der Waals surface area (Å²) in [5, 5.41) is 16.2. The molecule has 2 N–H and O–H groups in total. The van der Waals surface area contributed by atoms with E-state index in [-0.39, 0.29) is 13.0 Å². The number of nitrogens with one attached hydrogen (secondary N) is 2. The van der Waals surface area contributed by atoms with E-state index in [1.165, 1.54) is 0 Å². The number of rotatable bonds is 4. The molecule has 0 amide bonds. The molecule has 0 radical (unpaired) electrons. The second-order valence-electron chi connectivity index (χ2n) is 2.87. The summed E-state index contributed by atoms with van der Waals surface area (Å²) in [6.07, 6.45) is -0.0589. The summed E-state index contributed by atoms with van der Waals surface area (Å²) in [5.41, 5.74) is 0.864. The summed E-state index contributed by atoms with van der Waals surface area (Å²) in [6, 6.07) is 9.40. The number of hydrogen-bond donors (Lipinski definition) is 2. The average Bonchev–Trinajstić information content (AvgIpc) is 2.18. The fourth-order valence-electron chi connectivity index (χ4n) is 0.975. The van der Waals surface area contributed by atoms with Crippen LogP contribution in [0.3, 0.4) is 0 Å². The predicted octanol–water partition coefficient (Wildman–Crippen LogP) is 0.113. The van der Waals surface area contributed by atoms with Gasteiger partial charge in [0.2, 0.25) is 0 Å². The third kappa shape index (κ3) is 4.97. The van der Waals surface area contributed by atoms with Crippen molar-refractivity contribution >= 4 is 29.0 Å². The fraction of sp³-hybridized carbons (Fsp3) is 0.200. The predicted molar refractivity (Wildman–Crippen MR) is 60.3 cm³/mol. The maximum atomic E-state index is 10.1. The van der Waals surface area contributed by atoms with Gasteiger partial charge < -0.3 is 20.5 Å². The second kappa shape index (κ2) is 5.98. The van der Waals surface area contributed by atoms with Crippen molar-refractivity contribution in [1.82, 2.24) is 5.32 Å². The Hall–Kier alpha value is -1.62. The molecule has 4 nitrogen and oxygen atoms in total. The standard InChI is InChI=1S/C10H12N2O2S/c13-9(14)6-7-11-10(15)12-8-4-2-1-3-5-8/h1-5H,6-7H2,(H,13,14)(H2,11,12,15)/p-1. The fourth-order valence-corrected chi connectivity index (χ4v) is 1.19. The monoisotopic (exact) mass is 223 g/mol. The minimum absolute atomic E-state index is 0.0589. The van der Waals surface area contributed by atoms with Gasteiger partial charge in [-0.1, -0.05) is 18.2 Å². The summed E-state index contributed by atoms with van der Waals surface area (Å²) in [6.45, 7) is 0.265. The van der Waals surface area contributed by atoms with Crippen LogP contribution in [0.15, 0.2) is 30.3 Å². The summed E-state index contributed by atoms with van der Waals surface area (Å²) < 4.78 is 0. The lowest BCUT2D eigenvalue weighted by atomic mass is 10.3. The second-order valence-corrected chi connectivity index (χ2v) is 3.28. The van der Waals surface area contributed by atoms with E-state index in [4.69, 9.17) is 12.2 Å². The van der Waals surface area contributed by atoms with Gasteiger partial charge in [-0.2, -0.15) is 0 Å². The van der Waals surface area contributed by atoms with Crippen LogP contribution in [0.25, 0.3) is 0 Å². The molecular weight excluding hydrogens is 212 g/mol. The van der Waals surface area contributed by atoms with Crippen LogP contribution < -0.4 is 15.7 Å². The van der Waals surface area contributed by atoms with Crippen LogP contribution >= 0.6 is 12.2 Å². The Morgan fingerprint density at radius 1 is 1.33 bits per heavy atom. The molecular formula is C10H11N2O2S-. The van der Waals surface area contributed by atoms with E-state index < -0.39 is 5.97 Å². The van der Waals surface area contributed by atoms with E-state index in [2.05, 4.69) is 10.6 Å². The molecule has 0 saturated heterocycles. The Labute approximate surface area is 93.3 Å². The third-order valence-corrected chi connectivity index (χ3v) is 1.89. The molecule has 80 valence electrons. The van der Waals surface area contributed by atoms with Crippen LogP contribution in [-0.2, 0) is 4.79 Å². The van der Waals surface area contributed by atoms with Crippen LogP contribution in [0.5, 0.6) is 0 Å². The van der Waals surface area contributed by atoms with Gasteiger partial charge in [0.25, 0.3) is 0 Å². The highest BCUT2D eigenvalue weighted by Crippen LogP contribution is 2.03. The molecule has 0 aliphatic rings. The van der Waals surface area contributed by atoms with Gasteiger partial charge in [0.05, 0.1) is 0 Å². The van der Waals surface area contributed by atoms with Gasteiger partial charge in [-0.25, -0.2) is 0 Å². The zero-order valence-electron chi connectivity index (χ0n) is 8.03. The van der Waals surface area contributed by atoms with Gasteiger partial charge in [0, 0.05) is 24.6 Å². The lowest BCUT2D eigenvalue weighted by Gasteiger charge is -2.10. The first-order valence-corrected chi connectivity index (χ1v) is 4.89. The molecule has 0 aromatic heterocycles. The molecule has 5 heteroatoms. The SMILES string of the molecule is O=C([O-])CCNC(=S)Nc1ccccc1. The van der Waals surface area contributed by atoms with Crippen LogP contribution in [0.2, 0.25) is 0 Å². The molecule has 15 heavy (non-hydrogen) atoms. The van der Waals surface area contributed by atoms with Crippen LogP contribution in [0.1, 0.15) is 6.42 Å². The van der Waals surface area contributed by atoms with Crippen molar-refractivity contribution in [2.45, 2.75) is 6.42 Å². The molecule has 0 bridgehead atoms. The third-order valence-electron chi connectivity index (χ3n) is 1.65. The number of anilines is 1. The number of carbonyl (C=O) groups excluding carboxylic acids is 1. The minimum Gasteiger partial charge on any atom is -0.550 e. The molecule has 0 heterocycles. The first-order chi connectivity index (χ1) is 7.18. The molecule has 1 aromatic rings. The molecule has 0 unspecified atom stereocenters. The minimum atomic E-state index is -1.09. The number of thiocarbonyl (C=S) groups is 1. The van der Waals surface area contributed by atoms with Crippen molar-refractivity contribution in [3.63, 3.8) is 0 Å². The number of carboxylic acid groups (broad SMARTS) is 1. The van der Waals surface area contributed by atoms with Crippen molar-refractivity contribution in [1.29, 1.82) is 0 Å². The summed E-state index contributed by atoms with van der Waals surface area (Å²) >= 11 is 4.95. The molecule has 0 aliphatic carbocycles. The maximum Gasteiger partial charge on any atom is 0.170 e. The number of hydrogen-bond acceptors (Lipinski definition) is 3. The van der Waals surface area contributed by atoms with Crippen molar-refractivity contribution in [2.24, 2.45) is 0 Å². The molecule has 0 aliphatic heterocycles. The number of benzene rings is 1. The lowest BCUT2D eigenvalue weighted by molar-refractivity contribution is -0.305. The van der Waals surface area contributed by atoms with Crippen molar-refractivity contribution in [3.05, 3.63) is 30.3 Å². The van der Waals surface area contributed by atoms with Crippen molar-refractivity contribution in [2.75, 3.05) is 11.9 Å². The van der Waals surface area contributed by atoms with E-state index in [0.29, 0.717) is 5.11 Å². The summed E-state index contributed by atoms with van der Waals surface area (Å²) in [7, 11) is 0. The van der Waals surface area contributed by atoms with Crippen LogP contribution in [-0.4, -0.2) is 17.6 Å². The van der Waals surface area contributed by atoms with E-state index in [0.717, 1.165) is 5.69 Å². The van der Waals surface area contributed by atoms with Gasteiger partial charge in [-0.15, -0.1) is 0 Å². The van der Waals surface area contributed by atoms with Gasteiger partial charge in [-0.05, 0) is 24.4 Å². The largest absolute Gasteiger partial charge is 0.550 e. The number of carbonyl (C=O) groups is 1. The molecule has 1 aromatic carbocycles. The lowest BCUT2D eigenvalue weighted by Crippen LogP contribution is -2.33. The highest BCUT2D eigenvalue weighted by molar-refractivity contribution is 7.80. The van der Waals surface area contributed by atoms with Crippen molar-refractivity contribution < 1.29 is 9.90 Å². The Bertz CT molecular complexity index is 341. The Morgan fingerprint density at radius 3 is 2.60 bits per heavy atom. The summed E-state index contributed by atoms with van der Waals surface area (Å²) in [5.74, 6) is -1.09. The zero-order valence-corrected chi connectivity index (χ0v) is 8.84. The van der Waals surface area contributed by atoms with Gasteiger partial charge in [-0.3, -0.25) is 0 Å². The molecule has 1 rings (SSSR count). The van der Waals surface area contributed by atoms with Crippen LogP contribution in [0, 0.1) is 0 Å². The molecule has 0 atom stereocenters. The van der Waals surface area contributed by atoms with Gasteiger partial charge in [0.1, 0.15) is 0 Å². The van der Waals surface area contributed by atoms with Crippen LogP contribution in [0.4, 0.5) is 5.69 Å². The quantitative estimate of drug-likeness (QED) is 0.709. The number of para-hydroxylation sites is 1. The average molecular weight is 223 g/mol. The maximum absolute atomic E-state index is 10.1. The van der Waals surface area contributed by atoms with Gasteiger partial charge >= 0.3 is 0 Å². The smallest absolute Gasteiger partial charge is 0.170 e. The highest BCUT2D eigenvalue weighted by atomic mass is 32.1. The number of carboxylic acids is 1. The van der Waals surface area contributed by atoms with E-state index in [1.54, 1.807) is 0 Å². The molecule has 0 fully saturated rings. The van der Waals surface area contributed by atoms with E-state index >= 15 is 0 Å². The Balaban J connectivity index is 2.28. The summed E-state index contributed by atoms with van der Waals surface area (Å²) in [4.78, 5) is 10.1. The molecule has 0 saturated carbocycles. The van der Waals surface area contributed by atoms with Gasteiger partial charge in [0.15, 0.2) is 5.11 Å². The highest BCUT2D eigenvalue weighted by Gasteiger charge is 1.95. The first kappa shape index (κ1) is 11.5. The van der Waals surface area contributed by atoms with E-state index in [9.17, 15) is 9.90 Å². The topological polar surface area (TPSA) is 64.2 Å². The number of aliphatic carboxylic acids is 1. The molecule has 0 spiro atoms.